The summed E-state index contributed by atoms with van der Waals surface area (Å²) in [6, 6.07) is 13.3. The number of hydrazone groups is 1. The molecule has 4 rings (SSSR count). The van der Waals surface area contributed by atoms with Crippen LogP contribution >= 0.6 is 31.9 Å². The maximum Gasteiger partial charge on any atom is 0.343 e. The smallest absolute Gasteiger partial charge is 0.343 e. The number of carbonyl (C=O) groups is 2. The lowest BCUT2D eigenvalue weighted by molar-refractivity contribution is 0.0732. The van der Waals surface area contributed by atoms with Crippen LogP contribution in [-0.4, -0.2) is 24.9 Å². The monoisotopic (exact) mass is 562 g/mol. The van der Waals surface area contributed by atoms with E-state index >= 15 is 0 Å². The fraction of sp³-hybridized carbons (Fsp3) is 0.0455. The van der Waals surface area contributed by atoms with Crippen molar-refractivity contribution in [1.82, 2.24) is 5.43 Å². The Kier molecular flexibility index (Phi) is 6.52. The zero-order valence-electron chi connectivity index (χ0n) is 16.1. The Morgan fingerprint density at radius 2 is 1.84 bits per heavy atom. The van der Waals surface area contributed by atoms with Crippen molar-refractivity contribution < 1.29 is 28.2 Å². The molecule has 1 heterocycles. The normalized spacial score (nSPS) is 12.1. The Balaban J connectivity index is 1.52. The molecule has 0 radical (unpaired) electrons. The zero-order valence-corrected chi connectivity index (χ0v) is 19.3. The number of nitrogens with zero attached hydrogens (tertiary/aromatic N) is 1. The molecule has 3 aromatic carbocycles. The molecule has 32 heavy (non-hydrogen) atoms. The summed E-state index contributed by atoms with van der Waals surface area (Å²) in [5.41, 5.74) is 3.19. The van der Waals surface area contributed by atoms with Crippen LogP contribution in [0, 0.1) is 5.82 Å². The maximum atomic E-state index is 13.4. The van der Waals surface area contributed by atoms with E-state index in [1.807, 2.05) is 0 Å². The fourth-order valence-corrected chi connectivity index (χ4v) is 4.15. The van der Waals surface area contributed by atoms with Crippen LogP contribution in [0.5, 0.6) is 17.2 Å². The third kappa shape index (κ3) is 4.97. The average Bonchev–Trinajstić information content (AvgIpc) is 3.23. The predicted molar refractivity (Wildman–Crippen MR) is 121 cm³/mol. The largest absolute Gasteiger partial charge is 0.454 e. The molecule has 0 atom stereocenters. The molecule has 1 amide bonds. The third-order valence-electron chi connectivity index (χ3n) is 4.30. The summed E-state index contributed by atoms with van der Waals surface area (Å²) in [6.07, 6.45) is 1.33. The van der Waals surface area contributed by atoms with Gasteiger partial charge in [0.15, 0.2) is 17.2 Å². The quantitative estimate of drug-likeness (QED) is 0.203. The molecule has 7 nitrogen and oxygen atoms in total. The molecule has 3 aromatic rings. The van der Waals surface area contributed by atoms with E-state index in [2.05, 4.69) is 42.4 Å². The third-order valence-corrected chi connectivity index (χ3v) is 5.34. The topological polar surface area (TPSA) is 86.2 Å². The summed E-state index contributed by atoms with van der Waals surface area (Å²) in [5, 5.41) is 3.96. The van der Waals surface area contributed by atoms with Gasteiger partial charge in [0.25, 0.3) is 5.91 Å². The van der Waals surface area contributed by atoms with E-state index in [0.717, 1.165) is 6.07 Å². The van der Waals surface area contributed by atoms with Gasteiger partial charge >= 0.3 is 5.97 Å². The molecule has 162 valence electrons. The Bertz CT molecular complexity index is 1250. The molecule has 0 aromatic heterocycles. The fourth-order valence-electron chi connectivity index (χ4n) is 2.81. The Morgan fingerprint density at radius 3 is 2.66 bits per heavy atom. The number of esters is 1. The Labute approximate surface area is 198 Å². The van der Waals surface area contributed by atoms with Gasteiger partial charge in [-0.1, -0.05) is 22.0 Å². The van der Waals surface area contributed by atoms with Crippen LogP contribution in [0.2, 0.25) is 0 Å². The van der Waals surface area contributed by atoms with E-state index < -0.39 is 17.7 Å². The van der Waals surface area contributed by atoms with E-state index in [9.17, 15) is 14.0 Å². The molecule has 1 N–H and O–H groups in total. The molecule has 0 saturated heterocycles. The molecule has 0 aliphatic carbocycles. The number of nitrogens with one attached hydrogen (secondary N) is 1. The molecule has 10 heteroatoms. The molecular formula is C22H13Br2FN2O5. The van der Waals surface area contributed by atoms with Crippen molar-refractivity contribution >= 4 is 50.0 Å². The first-order chi connectivity index (χ1) is 15.4. The van der Waals surface area contributed by atoms with Gasteiger partial charge in [-0.05, 0) is 64.5 Å². The van der Waals surface area contributed by atoms with Crippen LogP contribution in [0.25, 0.3) is 0 Å². The second kappa shape index (κ2) is 9.49. The number of fused-ring (bicyclic) bond motifs is 1. The van der Waals surface area contributed by atoms with E-state index in [1.165, 1.54) is 24.4 Å². The summed E-state index contributed by atoms with van der Waals surface area (Å²) in [5.74, 6) is -0.567. The summed E-state index contributed by atoms with van der Waals surface area (Å²) in [4.78, 5) is 24.8. The van der Waals surface area contributed by atoms with Crippen LogP contribution in [0.15, 0.2) is 68.6 Å². The second-order valence-electron chi connectivity index (χ2n) is 6.47. The Morgan fingerprint density at radius 1 is 1.03 bits per heavy atom. The molecule has 0 saturated carbocycles. The number of halogens is 3. The lowest BCUT2D eigenvalue weighted by Gasteiger charge is -2.10. The highest BCUT2D eigenvalue weighted by atomic mass is 79.9. The number of rotatable bonds is 5. The van der Waals surface area contributed by atoms with Gasteiger partial charge in [-0.2, -0.15) is 5.10 Å². The van der Waals surface area contributed by atoms with Crippen LogP contribution in [-0.2, 0) is 0 Å². The number of hydrogen-bond acceptors (Lipinski definition) is 6. The van der Waals surface area contributed by atoms with Gasteiger partial charge in [0.05, 0.1) is 16.3 Å². The zero-order chi connectivity index (χ0) is 22.7. The van der Waals surface area contributed by atoms with E-state index in [4.69, 9.17) is 14.2 Å². The minimum atomic E-state index is -0.744. The van der Waals surface area contributed by atoms with E-state index in [0.29, 0.717) is 31.6 Å². The van der Waals surface area contributed by atoms with E-state index in [1.54, 1.807) is 30.3 Å². The van der Waals surface area contributed by atoms with Crippen molar-refractivity contribution in [2.45, 2.75) is 0 Å². The van der Waals surface area contributed by atoms with E-state index in [-0.39, 0.29) is 18.1 Å². The van der Waals surface area contributed by atoms with Gasteiger partial charge in [0, 0.05) is 15.6 Å². The van der Waals surface area contributed by atoms with Crippen LogP contribution in [0.1, 0.15) is 26.3 Å². The van der Waals surface area contributed by atoms with Crippen LogP contribution in [0.3, 0.4) is 0 Å². The molecule has 1 aliphatic heterocycles. The summed E-state index contributed by atoms with van der Waals surface area (Å²) < 4.78 is 30.5. The van der Waals surface area contributed by atoms with Crippen molar-refractivity contribution in [2.75, 3.05) is 6.79 Å². The summed E-state index contributed by atoms with van der Waals surface area (Å²) >= 11 is 6.70. The van der Waals surface area contributed by atoms with Crippen molar-refractivity contribution in [1.29, 1.82) is 0 Å². The van der Waals surface area contributed by atoms with Crippen LogP contribution < -0.4 is 19.6 Å². The first-order valence-corrected chi connectivity index (χ1v) is 10.7. The van der Waals surface area contributed by atoms with Gasteiger partial charge in [0.2, 0.25) is 6.79 Å². The van der Waals surface area contributed by atoms with Gasteiger partial charge in [0.1, 0.15) is 5.82 Å². The van der Waals surface area contributed by atoms with Gasteiger partial charge in [-0.15, -0.1) is 0 Å². The lowest BCUT2D eigenvalue weighted by atomic mass is 10.2. The minimum absolute atomic E-state index is 0.0545. The van der Waals surface area contributed by atoms with Gasteiger partial charge < -0.3 is 14.2 Å². The maximum absolute atomic E-state index is 13.4. The van der Waals surface area contributed by atoms with Gasteiger partial charge in [-0.25, -0.2) is 14.6 Å². The molecule has 0 spiro atoms. The molecular weight excluding hydrogens is 551 g/mol. The molecule has 0 bridgehead atoms. The number of ether oxygens (including phenoxy) is 3. The number of amides is 1. The number of hydrogen-bond donors (Lipinski definition) is 1. The van der Waals surface area contributed by atoms with Crippen molar-refractivity contribution in [2.24, 2.45) is 5.10 Å². The highest BCUT2D eigenvalue weighted by Gasteiger charge is 2.17. The second-order valence-corrected chi connectivity index (χ2v) is 8.24. The van der Waals surface area contributed by atoms with Crippen molar-refractivity contribution in [3.63, 3.8) is 0 Å². The first kappa shape index (κ1) is 22.0. The number of carbonyl (C=O) groups excluding carboxylic acids is 2. The van der Waals surface area contributed by atoms with Gasteiger partial charge in [-0.3, -0.25) is 4.79 Å². The first-order valence-electron chi connectivity index (χ1n) is 9.10. The summed E-state index contributed by atoms with van der Waals surface area (Å²) in [6.45, 7) is 0.105. The average molecular weight is 564 g/mol. The van der Waals surface area contributed by atoms with Crippen LogP contribution in [0.4, 0.5) is 4.39 Å². The minimum Gasteiger partial charge on any atom is -0.454 e. The highest BCUT2D eigenvalue weighted by Crippen LogP contribution is 2.33. The SMILES string of the molecule is O=C(N/N=C/c1cc(Br)cc(Br)c1OC(=O)c1cccc(F)c1)c1ccc2c(c1)OCO2. The van der Waals surface area contributed by atoms with Crippen molar-refractivity contribution in [3.05, 3.63) is 86.1 Å². The summed E-state index contributed by atoms with van der Waals surface area (Å²) in [7, 11) is 0. The predicted octanol–water partition coefficient (Wildman–Crippen LogP) is 5.06. The standard InChI is InChI=1S/C22H13Br2FN2O5/c23-15-6-14(10-26-27-21(28)12-4-5-18-19(8-12)31-11-30-18)20(17(24)9-15)32-22(29)13-2-1-3-16(25)7-13/h1-10H,11H2,(H,27,28)/b26-10+. The molecule has 0 fully saturated rings. The lowest BCUT2D eigenvalue weighted by Crippen LogP contribution is -2.17. The highest BCUT2D eigenvalue weighted by molar-refractivity contribution is 9.11. The molecule has 1 aliphatic rings. The Hall–Kier alpha value is -3.24. The number of benzene rings is 3. The van der Waals surface area contributed by atoms with Crippen molar-refractivity contribution in [3.8, 4) is 17.2 Å². The molecule has 0 unspecified atom stereocenters.